The summed E-state index contributed by atoms with van der Waals surface area (Å²) in [6.45, 7) is 1.92. The summed E-state index contributed by atoms with van der Waals surface area (Å²) in [6, 6.07) is 4.92. The van der Waals surface area contributed by atoms with Gasteiger partial charge in [-0.1, -0.05) is 0 Å². The van der Waals surface area contributed by atoms with Crippen molar-refractivity contribution < 1.29 is 14.2 Å². The minimum absolute atomic E-state index is 0.385. The highest BCUT2D eigenvalue weighted by Gasteiger charge is 2.08. The predicted molar refractivity (Wildman–Crippen MR) is 77.3 cm³/mol. The number of hydrazine groups is 2. The summed E-state index contributed by atoms with van der Waals surface area (Å²) < 4.78 is 16.0. The summed E-state index contributed by atoms with van der Waals surface area (Å²) in [7, 11) is 3.49. The third-order valence-electron chi connectivity index (χ3n) is 2.48. The van der Waals surface area contributed by atoms with Gasteiger partial charge < -0.3 is 14.2 Å². The first-order valence-corrected chi connectivity index (χ1v) is 6.40. The molecule has 0 aliphatic rings. The zero-order valence-electron chi connectivity index (χ0n) is 12.3. The molecule has 0 heterocycles. The number of likely N-dealkylation sites (N-methyl/N-ethyl adjacent to an activating group) is 2. The van der Waals surface area contributed by atoms with Crippen LogP contribution in [0.25, 0.3) is 0 Å². The van der Waals surface area contributed by atoms with Crippen LogP contribution in [-0.2, 0) is 0 Å². The van der Waals surface area contributed by atoms with E-state index in [9.17, 15) is 0 Å². The highest BCUT2D eigenvalue weighted by molar-refractivity contribution is 5.45. The summed E-state index contributed by atoms with van der Waals surface area (Å²) in [5.41, 5.74) is 0. The number of hydrogen-bond donors (Lipinski definition) is 2. The lowest BCUT2D eigenvalue weighted by molar-refractivity contribution is 0.212. The van der Waals surface area contributed by atoms with Crippen LogP contribution < -0.4 is 25.9 Å². The van der Waals surface area contributed by atoms with Gasteiger partial charge in [-0.3, -0.25) is 11.7 Å². The van der Waals surface area contributed by atoms with E-state index in [1.807, 2.05) is 0 Å². The lowest BCUT2D eigenvalue weighted by Crippen LogP contribution is -2.31. The highest BCUT2D eigenvalue weighted by atomic mass is 16.5. The summed E-state index contributed by atoms with van der Waals surface area (Å²) >= 11 is 0. The third-order valence-corrected chi connectivity index (χ3v) is 2.48. The first kappa shape index (κ1) is 17.0. The quantitative estimate of drug-likeness (QED) is 0.369. The van der Waals surface area contributed by atoms with Gasteiger partial charge in [0.25, 0.3) is 6.26 Å². The number of benzene rings is 1. The second kappa shape index (κ2) is 8.99. The van der Waals surface area contributed by atoms with Gasteiger partial charge in [-0.2, -0.15) is 0 Å². The summed E-state index contributed by atoms with van der Waals surface area (Å²) in [5, 5.41) is 11.6. The van der Waals surface area contributed by atoms with E-state index in [2.05, 4.69) is 0 Å². The van der Waals surface area contributed by atoms with E-state index in [4.69, 9.17) is 31.2 Å². The lowest BCUT2D eigenvalue weighted by Gasteiger charge is -2.16. The number of rotatable bonds is 9. The Bertz CT molecular complexity index is 473. The van der Waals surface area contributed by atoms with Crippen molar-refractivity contribution in [3.8, 4) is 23.5 Å². The van der Waals surface area contributed by atoms with Crippen molar-refractivity contribution in [2.45, 2.75) is 0 Å². The van der Waals surface area contributed by atoms with E-state index in [0.717, 1.165) is 0 Å². The van der Waals surface area contributed by atoms with E-state index in [0.29, 0.717) is 43.6 Å². The Morgan fingerprint density at radius 2 is 1.62 bits per heavy atom. The maximum Gasteiger partial charge on any atom is 0.292 e. The van der Waals surface area contributed by atoms with Crippen molar-refractivity contribution in [1.29, 1.82) is 5.26 Å². The zero-order valence-corrected chi connectivity index (χ0v) is 12.3. The average Bonchev–Trinajstić information content (AvgIpc) is 2.40. The van der Waals surface area contributed by atoms with E-state index in [-0.39, 0.29) is 0 Å². The van der Waals surface area contributed by atoms with Gasteiger partial charge in [-0.05, 0) is 12.1 Å². The van der Waals surface area contributed by atoms with Gasteiger partial charge in [0, 0.05) is 33.3 Å². The molecule has 0 aliphatic heterocycles. The first-order chi connectivity index (χ1) is 10.0. The van der Waals surface area contributed by atoms with Gasteiger partial charge in [-0.25, -0.2) is 10.0 Å². The Hall–Kier alpha value is -2.05. The van der Waals surface area contributed by atoms with Crippen LogP contribution in [0.5, 0.6) is 17.2 Å². The molecule has 0 aliphatic carbocycles. The smallest absolute Gasteiger partial charge is 0.292 e. The second-order valence-electron chi connectivity index (χ2n) is 4.46. The number of nitrogens with two attached hydrogens (primary N) is 2. The summed E-state index contributed by atoms with van der Waals surface area (Å²) in [6.07, 6.45) is 1.62. The molecule has 1 aromatic carbocycles. The van der Waals surface area contributed by atoms with Crippen molar-refractivity contribution in [3.63, 3.8) is 0 Å². The molecule has 0 bridgehead atoms. The molecule has 0 saturated heterocycles. The molecule has 8 nitrogen and oxygen atoms in total. The molecule has 0 saturated carbocycles. The maximum absolute atomic E-state index is 8.54. The molecule has 0 fully saturated rings. The molecule has 21 heavy (non-hydrogen) atoms. The van der Waals surface area contributed by atoms with Crippen molar-refractivity contribution in [2.24, 2.45) is 11.7 Å². The van der Waals surface area contributed by atoms with Crippen molar-refractivity contribution in [1.82, 2.24) is 10.0 Å². The monoisotopic (exact) mass is 295 g/mol. The van der Waals surface area contributed by atoms with Crippen LogP contribution in [0.2, 0.25) is 0 Å². The molecule has 0 aromatic heterocycles. The Labute approximate surface area is 124 Å². The Balaban J connectivity index is 2.71. The molecule has 116 valence electrons. The third kappa shape index (κ3) is 6.78. The van der Waals surface area contributed by atoms with Crippen molar-refractivity contribution >= 4 is 0 Å². The van der Waals surface area contributed by atoms with Gasteiger partial charge in [0.2, 0.25) is 0 Å². The van der Waals surface area contributed by atoms with Crippen LogP contribution in [0.3, 0.4) is 0 Å². The van der Waals surface area contributed by atoms with Gasteiger partial charge >= 0.3 is 0 Å². The maximum atomic E-state index is 8.54. The minimum Gasteiger partial charge on any atom is -0.488 e. The molecule has 0 radical (unpaired) electrons. The lowest BCUT2D eigenvalue weighted by atomic mass is 10.3. The number of nitrogens with zero attached hydrogens (tertiary/aromatic N) is 3. The molecule has 0 unspecified atom stereocenters. The fourth-order valence-electron chi connectivity index (χ4n) is 1.44. The van der Waals surface area contributed by atoms with Gasteiger partial charge in [-0.15, -0.1) is 5.26 Å². The SMILES string of the molecule is CN(N)CCOc1ccc(OC#N)cc1OCCN(C)N. The predicted octanol–water partition coefficient (Wildman–Crippen LogP) is -0.0849. The van der Waals surface area contributed by atoms with E-state index in [1.54, 1.807) is 38.5 Å². The zero-order chi connectivity index (χ0) is 15.7. The van der Waals surface area contributed by atoms with Gasteiger partial charge in [0.15, 0.2) is 11.5 Å². The Kier molecular flexibility index (Phi) is 7.28. The van der Waals surface area contributed by atoms with Crippen LogP contribution in [-0.4, -0.2) is 50.4 Å². The molecule has 0 spiro atoms. The molecule has 4 N–H and O–H groups in total. The Morgan fingerprint density at radius 1 is 1.05 bits per heavy atom. The number of ether oxygens (including phenoxy) is 3. The Morgan fingerprint density at radius 3 is 2.14 bits per heavy atom. The second-order valence-corrected chi connectivity index (χ2v) is 4.46. The minimum atomic E-state index is 0.385. The topological polar surface area (TPSA) is 110 Å². The first-order valence-electron chi connectivity index (χ1n) is 6.40. The standard InChI is InChI=1S/C13H21N5O3/c1-17(15)5-7-19-12-4-3-11(21-10-14)9-13(12)20-8-6-18(2)16/h3-4,9H,5-8,15-16H2,1-2H3. The van der Waals surface area contributed by atoms with Crippen LogP contribution in [0.1, 0.15) is 0 Å². The summed E-state index contributed by atoms with van der Waals surface area (Å²) in [5.74, 6) is 12.5. The average molecular weight is 295 g/mol. The fraction of sp³-hybridized carbons (Fsp3) is 0.462. The highest BCUT2D eigenvalue weighted by Crippen LogP contribution is 2.31. The normalized spacial score (nSPS) is 10.5. The largest absolute Gasteiger partial charge is 0.488 e. The molecule has 0 atom stereocenters. The van der Waals surface area contributed by atoms with Gasteiger partial charge in [0.1, 0.15) is 19.0 Å². The van der Waals surface area contributed by atoms with Crippen LogP contribution in [0.15, 0.2) is 18.2 Å². The molecule has 1 rings (SSSR count). The molecular weight excluding hydrogens is 274 g/mol. The molecule has 8 heteroatoms. The van der Waals surface area contributed by atoms with E-state index < -0.39 is 0 Å². The number of hydrogen-bond acceptors (Lipinski definition) is 8. The van der Waals surface area contributed by atoms with Gasteiger partial charge in [0.05, 0.1) is 0 Å². The molecule has 0 amide bonds. The van der Waals surface area contributed by atoms with E-state index in [1.165, 1.54) is 10.0 Å². The molecule has 1 aromatic rings. The van der Waals surface area contributed by atoms with E-state index >= 15 is 0 Å². The summed E-state index contributed by atoms with van der Waals surface area (Å²) in [4.78, 5) is 0. The fourth-order valence-corrected chi connectivity index (χ4v) is 1.44. The number of nitriles is 1. The molecular formula is C13H21N5O3. The van der Waals surface area contributed by atoms with Crippen molar-refractivity contribution in [3.05, 3.63) is 18.2 Å². The van der Waals surface area contributed by atoms with Crippen LogP contribution >= 0.6 is 0 Å². The van der Waals surface area contributed by atoms with Crippen LogP contribution in [0, 0.1) is 11.5 Å². The van der Waals surface area contributed by atoms with Crippen molar-refractivity contribution in [2.75, 3.05) is 40.4 Å². The van der Waals surface area contributed by atoms with Crippen LogP contribution in [0.4, 0.5) is 0 Å².